The molecular formula is C17H28N2O. The molecule has 2 N–H and O–H groups in total. The highest BCUT2D eigenvalue weighted by atomic mass is 16.3. The molecule has 1 unspecified atom stereocenters. The number of benzene rings is 1. The van der Waals surface area contributed by atoms with Crippen molar-refractivity contribution in [1.82, 2.24) is 10.2 Å². The maximum atomic E-state index is 9.19. The van der Waals surface area contributed by atoms with Crippen molar-refractivity contribution < 1.29 is 5.11 Å². The normalized spacial score (nSPS) is 19.1. The van der Waals surface area contributed by atoms with Crippen LogP contribution in [0.25, 0.3) is 0 Å². The Morgan fingerprint density at radius 3 is 2.80 bits per heavy atom. The average Bonchev–Trinajstić information content (AvgIpc) is 2.49. The molecule has 3 heteroatoms. The molecule has 0 aromatic heterocycles. The Morgan fingerprint density at radius 1 is 1.35 bits per heavy atom. The fraction of sp³-hybridized carbons (Fsp3) is 0.647. The molecule has 0 radical (unpaired) electrons. The highest BCUT2D eigenvalue weighted by Gasteiger charge is 2.16. The Labute approximate surface area is 123 Å². The van der Waals surface area contributed by atoms with E-state index in [-0.39, 0.29) is 6.61 Å². The zero-order valence-electron chi connectivity index (χ0n) is 12.8. The van der Waals surface area contributed by atoms with Gasteiger partial charge in [0.2, 0.25) is 0 Å². The third kappa shape index (κ3) is 4.58. The van der Waals surface area contributed by atoms with Crippen LogP contribution in [0.4, 0.5) is 0 Å². The lowest BCUT2D eigenvalue weighted by molar-refractivity contribution is 0.211. The van der Waals surface area contributed by atoms with Gasteiger partial charge >= 0.3 is 0 Å². The van der Waals surface area contributed by atoms with Crippen LogP contribution in [0.3, 0.4) is 0 Å². The predicted octanol–water partition coefficient (Wildman–Crippen LogP) is 2.56. The highest BCUT2D eigenvalue weighted by molar-refractivity contribution is 5.25. The van der Waals surface area contributed by atoms with Gasteiger partial charge in [0, 0.05) is 6.04 Å². The van der Waals surface area contributed by atoms with Crippen molar-refractivity contribution in [2.75, 3.05) is 26.7 Å². The molecule has 0 aliphatic carbocycles. The second-order valence-corrected chi connectivity index (χ2v) is 6.11. The first kappa shape index (κ1) is 15.5. The van der Waals surface area contributed by atoms with E-state index in [1.807, 2.05) is 12.1 Å². The molecule has 1 aromatic carbocycles. The monoisotopic (exact) mass is 276 g/mol. The van der Waals surface area contributed by atoms with Crippen molar-refractivity contribution in [3.8, 4) is 0 Å². The second kappa shape index (κ2) is 7.77. The largest absolute Gasteiger partial charge is 0.392 e. The molecule has 20 heavy (non-hydrogen) atoms. The van der Waals surface area contributed by atoms with Crippen LogP contribution in [0, 0.1) is 5.92 Å². The SMILES string of the molecule is CC(NCCC1CCN(C)CC1)c1cccc(CO)c1. The molecule has 1 fully saturated rings. The number of piperidine rings is 1. The Kier molecular flexibility index (Phi) is 6.02. The predicted molar refractivity (Wildman–Crippen MR) is 83.6 cm³/mol. The summed E-state index contributed by atoms with van der Waals surface area (Å²) in [5.74, 6) is 0.884. The zero-order chi connectivity index (χ0) is 14.4. The van der Waals surface area contributed by atoms with Crippen molar-refractivity contribution in [2.24, 2.45) is 5.92 Å². The molecule has 1 saturated heterocycles. The summed E-state index contributed by atoms with van der Waals surface area (Å²) in [6, 6.07) is 8.57. The van der Waals surface area contributed by atoms with Gasteiger partial charge in [-0.15, -0.1) is 0 Å². The molecule has 1 aromatic rings. The molecule has 1 atom stereocenters. The van der Waals surface area contributed by atoms with Crippen LogP contribution in [0.15, 0.2) is 24.3 Å². The third-order valence-corrected chi connectivity index (χ3v) is 4.47. The number of likely N-dealkylation sites (tertiary alicyclic amines) is 1. The molecular weight excluding hydrogens is 248 g/mol. The van der Waals surface area contributed by atoms with E-state index in [0.29, 0.717) is 6.04 Å². The minimum absolute atomic E-state index is 0.121. The van der Waals surface area contributed by atoms with Gasteiger partial charge in [0.15, 0.2) is 0 Å². The van der Waals surface area contributed by atoms with E-state index in [1.54, 1.807) is 0 Å². The van der Waals surface area contributed by atoms with Crippen LogP contribution in [0.1, 0.15) is 43.4 Å². The van der Waals surface area contributed by atoms with Gasteiger partial charge < -0.3 is 15.3 Å². The van der Waals surface area contributed by atoms with Gasteiger partial charge in [-0.25, -0.2) is 0 Å². The molecule has 0 bridgehead atoms. The third-order valence-electron chi connectivity index (χ3n) is 4.47. The van der Waals surface area contributed by atoms with Gasteiger partial charge in [-0.1, -0.05) is 24.3 Å². The molecule has 2 rings (SSSR count). The lowest BCUT2D eigenvalue weighted by Crippen LogP contribution is -2.32. The van der Waals surface area contributed by atoms with Gasteiger partial charge in [-0.2, -0.15) is 0 Å². The van der Waals surface area contributed by atoms with E-state index in [0.717, 1.165) is 18.0 Å². The molecule has 1 aliphatic rings. The topological polar surface area (TPSA) is 35.5 Å². The molecule has 1 aliphatic heterocycles. The van der Waals surface area contributed by atoms with Crippen LogP contribution in [-0.4, -0.2) is 36.7 Å². The summed E-state index contributed by atoms with van der Waals surface area (Å²) in [6.07, 6.45) is 3.96. The van der Waals surface area contributed by atoms with E-state index < -0.39 is 0 Å². The zero-order valence-corrected chi connectivity index (χ0v) is 12.8. The van der Waals surface area contributed by atoms with Gasteiger partial charge in [-0.05, 0) is 69.9 Å². The van der Waals surface area contributed by atoms with Gasteiger partial charge in [-0.3, -0.25) is 0 Å². The van der Waals surface area contributed by atoms with Crippen molar-refractivity contribution >= 4 is 0 Å². The van der Waals surface area contributed by atoms with E-state index in [4.69, 9.17) is 0 Å². The summed E-state index contributed by atoms with van der Waals surface area (Å²) in [7, 11) is 2.21. The summed E-state index contributed by atoms with van der Waals surface area (Å²) in [6.45, 7) is 5.90. The maximum Gasteiger partial charge on any atom is 0.0681 e. The molecule has 112 valence electrons. The summed E-state index contributed by atoms with van der Waals surface area (Å²) >= 11 is 0. The average molecular weight is 276 g/mol. The molecule has 1 heterocycles. The summed E-state index contributed by atoms with van der Waals surface area (Å²) in [4.78, 5) is 2.42. The second-order valence-electron chi connectivity index (χ2n) is 6.11. The standard InChI is InChI=1S/C17H28N2O/c1-14(17-5-3-4-16(12-17)13-20)18-9-6-15-7-10-19(2)11-8-15/h3-5,12,14-15,18,20H,6-11,13H2,1-2H3. The van der Waals surface area contributed by atoms with Crippen molar-refractivity contribution in [3.63, 3.8) is 0 Å². The first-order valence-electron chi connectivity index (χ1n) is 7.80. The molecule has 0 amide bonds. The molecule has 3 nitrogen and oxygen atoms in total. The number of hydrogen-bond donors (Lipinski definition) is 2. The first-order chi connectivity index (χ1) is 9.69. The Balaban J connectivity index is 1.73. The summed E-state index contributed by atoms with van der Waals surface area (Å²) < 4.78 is 0. The fourth-order valence-electron chi connectivity index (χ4n) is 2.93. The number of nitrogens with one attached hydrogen (secondary N) is 1. The van der Waals surface area contributed by atoms with E-state index in [2.05, 4.69) is 36.3 Å². The van der Waals surface area contributed by atoms with Gasteiger partial charge in [0.05, 0.1) is 6.61 Å². The highest BCUT2D eigenvalue weighted by Crippen LogP contribution is 2.20. The van der Waals surface area contributed by atoms with Crippen LogP contribution < -0.4 is 5.32 Å². The molecule has 0 spiro atoms. The maximum absolute atomic E-state index is 9.19. The lowest BCUT2D eigenvalue weighted by atomic mass is 9.93. The van der Waals surface area contributed by atoms with E-state index in [1.165, 1.54) is 37.9 Å². The van der Waals surface area contributed by atoms with Crippen molar-refractivity contribution in [1.29, 1.82) is 0 Å². The summed E-state index contributed by atoms with van der Waals surface area (Å²) in [5.41, 5.74) is 2.26. The van der Waals surface area contributed by atoms with Gasteiger partial charge in [0.25, 0.3) is 0 Å². The van der Waals surface area contributed by atoms with Crippen LogP contribution in [0.5, 0.6) is 0 Å². The smallest absolute Gasteiger partial charge is 0.0681 e. The van der Waals surface area contributed by atoms with Crippen molar-refractivity contribution in [2.45, 2.75) is 38.8 Å². The number of aliphatic hydroxyl groups is 1. The quantitative estimate of drug-likeness (QED) is 0.838. The Morgan fingerprint density at radius 2 is 2.10 bits per heavy atom. The number of rotatable bonds is 6. The Hall–Kier alpha value is -0.900. The lowest BCUT2D eigenvalue weighted by Gasteiger charge is -2.29. The Bertz CT molecular complexity index is 400. The van der Waals surface area contributed by atoms with Crippen LogP contribution in [0.2, 0.25) is 0 Å². The number of nitrogens with zero attached hydrogens (tertiary/aromatic N) is 1. The van der Waals surface area contributed by atoms with Crippen LogP contribution in [-0.2, 0) is 6.61 Å². The number of aliphatic hydroxyl groups excluding tert-OH is 1. The summed E-state index contributed by atoms with van der Waals surface area (Å²) in [5, 5.41) is 12.8. The van der Waals surface area contributed by atoms with Gasteiger partial charge in [0.1, 0.15) is 0 Å². The van der Waals surface area contributed by atoms with Crippen LogP contribution >= 0.6 is 0 Å². The van der Waals surface area contributed by atoms with Crippen molar-refractivity contribution in [3.05, 3.63) is 35.4 Å². The fourth-order valence-corrected chi connectivity index (χ4v) is 2.93. The minimum atomic E-state index is 0.121. The first-order valence-corrected chi connectivity index (χ1v) is 7.80. The molecule has 0 saturated carbocycles. The van der Waals surface area contributed by atoms with E-state index >= 15 is 0 Å². The number of hydrogen-bond acceptors (Lipinski definition) is 3. The minimum Gasteiger partial charge on any atom is -0.392 e. The van der Waals surface area contributed by atoms with E-state index in [9.17, 15) is 5.11 Å².